The number of fused-ring (bicyclic) bond motifs is 1. The highest BCUT2D eigenvalue weighted by Gasteiger charge is 2.16. The zero-order chi connectivity index (χ0) is 20.4. The van der Waals surface area contributed by atoms with Crippen LogP contribution in [0.4, 0.5) is 17.1 Å². The number of piperidine rings is 1. The first-order valence-corrected chi connectivity index (χ1v) is 9.55. The molecule has 1 saturated heterocycles. The fourth-order valence-electron chi connectivity index (χ4n) is 3.70. The number of amides is 1. The molecular formula is C22H21N3O4. The van der Waals surface area contributed by atoms with Crippen LogP contribution in [0.5, 0.6) is 11.5 Å². The molecule has 0 aromatic heterocycles. The SMILES string of the molecule is O=Nc1ccc2cc(C(=O)Nc3ccc(N4CCCCC4)cc3)c(O)cc2c1O. The van der Waals surface area contributed by atoms with Crippen molar-refractivity contribution in [2.75, 3.05) is 23.3 Å². The molecule has 1 amide bonds. The number of anilines is 2. The smallest absolute Gasteiger partial charge is 0.259 e. The summed E-state index contributed by atoms with van der Waals surface area (Å²) in [6, 6.07) is 13.3. The molecule has 0 aliphatic carbocycles. The maximum Gasteiger partial charge on any atom is 0.259 e. The van der Waals surface area contributed by atoms with E-state index < -0.39 is 5.91 Å². The molecule has 29 heavy (non-hydrogen) atoms. The Morgan fingerprint density at radius 3 is 2.38 bits per heavy atom. The predicted molar refractivity (Wildman–Crippen MR) is 113 cm³/mol. The van der Waals surface area contributed by atoms with Crippen molar-refractivity contribution in [3.63, 3.8) is 0 Å². The van der Waals surface area contributed by atoms with Gasteiger partial charge in [0.1, 0.15) is 11.4 Å². The molecular weight excluding hydrogens is 370 g/mol. The van der Waals surface area contributed by atoms with E-state index >= 15 is 0 Å². The van der Waals surface area contributed by atoms with Gasteiger partial charge in [0.05, 0.1) is 5.56 Å². The average molecular weight is 391 g/mol. The minimum atomic E-state index is -0.466. The van der Waals surface area contributed by atoms with Crippen LogP contribution in [0.25, 0.3) is 10.8 Å². The summed E-state index contributed by atoms with van der Waals surface area (Å²) in [5, 5.41) is 26.6. The number of carbonyl (C=O) groups is 1. The highest BCUT2D eigenvalue weighted by molar-refractivity contribution is 6.09. The van der Waals surface area contributed by atoms with Gasteiger partial charge >= 0.3 is 0 Å². The normalized spacial score (nSPS) is 14.0. The highest BCUT2D eigenvalue weighted by atomic mass is 16.3. The van der Waals surface area contributed by atoms with E-state index in [0.29, 0.717) is 11.1 Å². The molecule has 148 valence electrons. The average Bonchev–Trinajstić information content (AvgIpc) is 2.75. The van der Waals surface area contributed by atoms with Crippen molar-refractivity contribution in [1.82, 2.24) is 0 Å². The molecule has 1 aliphatic heterocycles. The van der Waals surface area contributed by atoms with Gasteiger partial charge in [-0.3, -0.25) is 4.79 Å². The van der Waals surface area contributed by atoms with Gasteiger partial charge in [-0.2, -0.15) is 0 Å². The van der Waals surface area contributed by atoms with E-state index in [1.165, 1.54) is 37.5 Å². The number of phenolic OH excluding ortho intramolecular Hbond substituents is 2. The van der Waals surface area contributed by atoms with Crippen LogP contribution >= 0.6 is 0 Å². The molecule has 1 heterocycles. The predicted octanol–water partition coefficient (Wildman–Crippen LogP) is 4.89. The van der Waals surface area contributed by atoms with Crippen LogP contribution in [0, 0.1) is 4.91 Å². The summed E-state index contributed by atoms with van der Waals surface area (Å²) in [5.74, 6) is -1.08. The van der Waals surface area contributed by atoms with E-state index in [-0.39, 0.29) is 28.1 Å². The Labute approximate surface area is 167 Å². The first-order chi connectivity index (χ1) is 14.1. The number of hydrogen-bond acceptors (Lipinski definition) is 6. The Kier molecular flexibility index (Phi) is 5.03. The maximum absolute atomic E-state index is 12.7. The van der Waals surface area contributed by atoms with Gasteiger partial charge in [0.2, 0.25) is 0 Å². The second-order valence-electron chi connectivity index (χ2n) is 7.16. The molecule has 4 rings (SSSR count). The van der Waals surface area contributed by atoms with E-state index in [1.807, 2.05) is 24.3 Å². The summed E-state index contributed by atoms with van der Waals surface area (Å²) in [5.41, 5.74) is 1.71. The number of phenols is 2. The van der Waals surface area contributed by atoms with Crippen LogP contribution in [0.2, 0.25) is 0 Å². The zero-order valence-corrected chi connectivity index (χ0v) is 15.8. The molecule has 0 saturated carbocycles. The lowest BCUT2D eigenvalue weighted by molar-refractivity contribution is 0.102. The Bertz CT molecular complexity index is 1070. The van der Waals surface area contributed by atoms with Gasteiger partial charge in [-0.05, 0) is 72.3 Å². The lowest BCUT2D eigenvalue weighted by Gasteiger charge is -2.28. The van der Waals surface area contributed by atoms with Crippen molar-refractivity contribution in [3.05, 3.63) is 59.0 Å². The molecule has 7 nitrogen and oxygen atoms in total. The van der Waals surface area contributed by atoms with Crippen LogP contribution in [0.15, 0.2) is 53.7 Å². The fourth-order valence-corrected chi connectivity index (χ4v) is 3.70. The number of carbonyl (C=O) groups excluding carboxylic acids is 1. The third kappa shape index (κ3) is 3.71. The van der Waals surface area contributed by atoms with Crippen molar-refractivity contribution < 1.29 is 15.0 Å². The first-order valence-electron chi connectivity index (χ1n) is 9.55. The topological polar surface area (TPSA) is 102 Å². The van der Waals surface area contributed by atoms with Crippen molar-refractivity contribution in [2.24, 2.45) is 5.18 Å². The van der Waals surface area contributed by atoms with Gasteiger partial charge in [0.25, 0.3) is 5.91 Å². The molecule has 7 heteroatoms. The second-order valence-corrected chi connectivity index (χ2v) is 7.16. The Hall–Kier alpha value is -3.61. The lowest BCUT2D eigenvalue weighted by Crippen LogP contribution is -2.29. The number of nitrogens with zero attached hydrogens (tertiary/aromatic N) is 2. The molecule has 1 aliphatic rings. The standard InChI is InChI=1S/C22H21N3O4/c26-20-13-17-14(4-9-19(24-29)21(17)27)12-18(20)22(28)23-15-5-7-16(8-6-15)25-10-2-1-3-11-25/h4-9,12-13,26-27H,1-3,10-11H2,(H,23,28). The zero-order valence-electron chi connectivity index (χ0n) is 15.8. The van der Waals surface area contributed by atoms with E-state index in [0.717, 1.165) is 18.8 Å². The largest absolute Gasteiger partial charge is 0.507 e. The van der Waals surface area contributed by atoms with E-state index in [4.69, 9.17) is 0 Å². The van der Waals surface area contributed by atoms with Crippen LogP contribution < -0.4 is 10.2 Å². The molecule has 3 aromatic rings. The Morgan fingerprint density at radius 2 is 1.69 bits per heavy atom. The monoisotopic (exact) mass is 391 g/mol. The fraction of sp³-hybridized carbons (Fsp3) is 0.227. The summed E-state index contributed by atoms with van der Waals surface area (Å²) in [6.07, 6.45) is 3.66. The Morgan fingerprint density at radius 1 is 0.966 bits per heavy atom. The number of nitrogens with one attached hydrogen (secondary N) is 1. The minimum Gasteiger partial charge on any atom is -0.507 e. The van der Waals surface area contributed by atoms with Gasteiger partial charge in [-0.1, -0.05) is 6.07 Å². The molecule has 0 radical (unpaired) electrons. The highest BCUT2D eigenvalue weighted by Crippen LogP contribution is 2.37. The molecule has 0 bridgehead atoms. The lowest BCUT2D eigenvalue weighted by atomic mass is 10.0. The van der Waals surface area contributed by atoms with Crippen molar-refractivity contribution in [3.8, 4) is 11.5 Å². The van der Waals surface area contributed by atoms with Gasteiger partial charge in [0, 0.05) is 29.9 Å². The number of benzene rings is 3. The number of rotatable bonds is 4. The second kappa shape index (κ2) is 7.79. The molecule has 3 aromatic carbocycles. The minimum absolute atomic E-state index is 0.0730. The third-order valence-electron chi connectivity index (χ3n) is 5.28. The summed E-state index contributed by atoms with van der Waals surface area (Å²) < 4.78 is 0. The van der Waals surface area contributed by atoms with Crippen LogP contribution in [-0.4, -0.2) is 29.2 Å². The van der Waals surface area contributed by atoms with Crippen molar-refractivity contribution in [1.29, 1.82) is 0 Å². The van der Waals surface area contributed by atoms with E-state index in [9.17, 15) is 19.9 Å². The van der Waals surface area contributed by atoms with Gasteiger partial charge in [0.15, 0.2) is 5.75 Å². The molecule has 0 unspecified atom stereocenters. The summed E-state index contributed by atoms with van der Waals surface area (Å²) in [6.45, 7) is 2.09. The molecule has 1 fully saturated rings. The summed E-state index contributed by atoms with van der Waals surface area (Å²) in [4.78, 5) is 25.7. The van der Waals surface area contributed by atoms with E-state index in [2.05, 4.69) is 15.4 Å². The van der Waals surface area contributed by atoms with Crippen LogP contribution in [0.3, 0.4) is 0 Å². The van der Waals surface area contributed by atoms with Crippen LogP contribution in [0.1, 0.15) is 29.6 Å². The van der Waals surface area contributed by atoms with Gasteiger partial charge < -0.3 is 20.4 Å². The number of aromatic hydroxyl groups is 2. The third-order valence-corrected chi connectivity index (χ3v) is 5.28. The number of nitroso groups, excluding NO2 is 1. The van der Waals surface area contributed by atoms with E-state index in [1.54, 1.807) is 6.07 Å². The van der Waals surface area contributed by atoms with Gasteiger partial charge in [-0.15, -0.1) is 4.91 Å². The molecule has 3 N–H and O–H groups in total. The first kappa shape index (κ1) is 18.7. The summed E-state index contributed by atoms with van der Waals surface area (Å²) >= 11 is 0. The van der Waals surface area contributed by atoms with Crippen molar-refractivity contribution in [2.45, 2.75) is 19.3 Å². The number of hydrogen-bond donors (Lipinski definition) is 3. The summed E-state index contributed by atoms with van der Waals surface area (Å²) in [7, 11) is 0. The molecule has 0 atom stereocenters. The van der Waals surface area contributed by atoms with Gasteiger partial charge in [-0.25, -0.2) is 0 Å². The van der Waals surface area contributed by atoms with Crippen LogP contribution in [-0.2, 0) is 0 Å². The molecule has 0 spiro atoms. The quantitative estimate of drug-likeness (QED) is 0.550. The Balaban J connectivity index is 1.55. The van der Waals surface area contributed by atoms with Crippen molar-refractivity contribution >= 4 is 33.7 Å². The maximum atomic E-state index is 12.7.